The Hall–Kier alpha value is -2.82. The van der Waals surface area contributed by atoms with Crippen molar-refractivity contribution in [2.75, 3.05) is 18.1 Å². The summed E-state index contributed by atoms with van der Waals surface area (Å²) in [6.45, 7) is 2.48. The van der Waals surface area contributed by atoms with Gasteiger partial charge < -0.3 is 9.47 Å². The fourth-order valence-corrected chi connectivity index (χ4v) is 2.42. The Morgan fingerprint density at radius 3 is 2.70 bits per heavy atom. The number of hydrogen-bond donors (Lipinski definition) is 0. The van der Waals surface area contributed by atoms with Gasteiger partial charge in [-0.3, -0.25) is 9.69 Å². The number of hydrogen-bond acceptors (Lipinski definition) is 4. The van der Waals surface area contributed by atoms with E-state index < -0.39 is 6.09 Å². The second-order valence-corrected chi connectivity index (χ2v) is 5.28. The van der Waals surface area contributed by atoms with Gasteiger partial charge in [0.05, 0.1) is 12.2 Å². The van der Waals surface area contributed by atoms with Crippen molar-refractivity contribution in [1.82, 2.24) is 0 Å². The minimum absolute atomic E-state index is 0.0593. The van der Waals surface area contributed by atoms with E-state index in [0.717, 1.165) is 5.56 Å². The smallest absolute Gasteiger partial charge is 0.414 e. The molecule has 0 saturated heterocycles. The second-order valence-electron chi connectivity index (χ2n) is 5.28. The summed E-state index contributed by atoms with van der Waals surface area (Å²) in [6.07, 6.45) is -0.445. The highest BCUT2D eigenvalue weighted by atomic mass is 16.6. The number of anilines is 1. The van der Waals surface area contributed by atoms with Crippen LogP contribution in [0.5, 0.6) is 5.75 Å². The van der Waals surface area contributed by atoms with E-state index in [0.29, 0.717) is 30.2 Å². The van der Waals surface area contributed by atoms with Gasteiger partial charge in [-0.05, 0) is 30.7 Å². The number of ether oxygens (including phenoxy) is 2. The number of amides is 1. The Labute approximate surface area is 134 Å². The van der Waals surface area contributed by atoms with E-state index in [2.05, 4.69) is 0 Å². The Bertz CT molecular complexity index is 727. The lowest BCUT2D eigenvalue weighted by atomic mass is 10.1. The quantitative estimate of drug-likeness (QED) is 0.815. The standard InChI is InChI=1S/C18H17NO4/c1-13(20)15-7-8-17-16(11-15)19(9-10-22-17)18(21)23-12-14-5-3-2-4-6-14/h2-8,11H,9-10,12H2,1H3. The summed E-state index contributed by atoms with van der Waals surface area (Å²) in [5.41, 5.74) is 2.03. The number of Topliss-reactive ketones (excluding diaryl/α,β-unsaturated/α-hetero) is 1. The molecule has 2 aromatic rings. The van der Waals surface area contributed by atoms with E-state index in [1.807, 2.05) is 30.3 Å². The number of nitrogens with zero attached hydrogens (tertiary/aromatic N) is 1. The summed E-state index contributed by atoms with van der Waals surface area (Å²) in [5.74, 6) is 0.522. The first kappa shape index (κ1) is 15.1. The second kappa shape index (κ2) is 6.52. The molecule has 3 rings (SSSR count). The monoisotopic (exact) mass is 311 g/mol. The van der Waals surface area contributed by atoms with Crippen LogP contribution in [0.25, 0.3) is 0 Å². The van der Waals surface area contributed by atoms with E-state index in [1.54, 1.807) is 18.2 Å². The first-order valence-electron chi connectivity index (χ1n) is 7.41. The van der Waals surface area contributed by atoms with Crippen LogP contribution in [0.2, 0.25) is 0 Å². The largest absolute Gasteiger partial charge is 0.490 e. The molecule has 0 fully saturated rings. The number of rotatable bonds is 3. The highest BCUT2D eigenvalue weighted by molar-refractivity contribution is 5.98. The third-order valence-corrected chi connectivity index (χ3v) is 3.65. The Morgan fingerprint density at radius 1 is 1.17 bits per heavy atom. The molecule has 0 unspecified atom stereocenters. The van der Waals surface area contributed by atoms with Crippen LogP contribution < -0.4 is 9.64 Å². The molecule has 2 aromatic carbocycles. The normalized spacial score (nSPS) is 13.0. The molecule has 0 saturated carbocycles. The maximum Gasteiger partial charge on any atom is 0.414 e. The van der Waals surface area contributed by atoms with Crippen LogP contribution in [0.4, 0.5) is 10.5 Å². The molecule has 1 aliphatic rings. The molecule has 0 radical (unpaired) electrons. The lowest BCUT2D eigenvalue weighted by Crippen LogP contribution is -2.38. The molecule has 1 aliphatic heterocycles. The first-order valence-corrected chi connectivity index (χ1v) is 7.41. The molecule has 5 nitrogen and oxygen atoms in total. The molecule has 118 valence electrons. The SMILES string of the molecule is CC(=O)c1ccc2c(c1)N(C(=O)OCc1ccccc1)CCO2. The summed E-state index contributed by atoms with van der Waals surface area (Å²) < 4.78 is 10.9. The summed E-state index contributed by atoms with van der Waals surface area (Å²) in [5, 5.41) is 0. The van der Waals surface area contributed by atoms with Gasteiger partial charge in [0, 0.05) is 5.56 Å². The van der Waals surface area contributed by atoms with Crippen molar-refractivity contribution in [3.63, 3.8) is 0 Å². The van der Waals surface area contributed by atoms with Gasteiger partial charge >= 0.3 is 6.09 Å². The molecule has 0 atom stereocenters. The van der Waals surface area contributed by atoms with Crippen molar-refractivity contribution in [3.8, 4) is 5.75 Å². The van der Waals surface area contributed by atoms with Crippen molar-refractivity contribution in [1.29, 1.82) is 0 Å². The molecule has 0 bridgehead atoms. The number of carbonyl (C=O) groups excluding carboxylic acids is 2. The predicted octanol–water partition coefficient (Wildman–Crippen LogP) is 3.42. The van der Waals surface area contributed by atoms with E-state index in [-0.39, 0.29) is 12.4 Å². The van der Waals surface area contributed by atoms with Crippen LogP contribution in [0, 0.1) is 0 Å². The molecular formula is C18H17NO4. The topological polar surface area (TPSA) is 55.8 Å². The Morgan fingerprint density at radius 2 is 1.96 bits per heavy atom. The molecule has 5 heteroatoms. The Kier molecular flexibility index (Phi) is 4.28. The van der Waals surface area contributed by atoms with Crippen molar-refractivity contribution in [3.05, 3.63) is 59.7 Å². The number of benzene rings is 2. The van der Waals surface area contributed by atoms with Crippen molar-refractivity contribution in [2.24, 2.45) is 0 Å². The van der Waals surface area contributed by atoms with Crippen LogP contribution in [-0.4, -0.2) is 25.0 Å². The van der Waals surface area contributed by atoms with Crippen LogP contribution in [0.1, 0.15) is 22.8 Å². The maximum absolute atomic E-state index is 12.4. The highest BCUT2D eigenvalue weighted by Gasteiger charge is 2.25. The van der Waals surface area contributed by atoms with Crippen LogP contribution in [-0.2, 0) is 11.3 Å². The van der Waals surface area contributed by atoms with Gasteiger partial charge in [0.15, 0.2) is 5.78 Å². The maximum atomic E-state index is 12.4. The van der Waals surface area contributed by atoms with E-state index >= 15 is 0 Å². The summed E-state index contributed by atoms with van der Waals surface area (Å²) >= 11 is 0. The van der Waals surface area contributed by atoms with Crippen molar-refractivity contribution in [2.45, 2.75) is 13.5 Å². The third kappa shape index (κ3) is 3.34. The average Bonchev–Trinajstić information content (AvgIpc) is 2.59. The fraction of sp³-hybridized carbons (Fsp3) is 0.222. The van der Waals surface area contributed by atoms with Gasteiger partial charge in [-0.1, -0.05) is 30.3 Å². The number of ketones is 1. The lowest BCUT2D eigenvalue weighted by molar-refractivity contribution is 0.101. The first-order chi connectivity index (χ1) is 11.1. The zero-order valence-electron chi connectivity index (χ0n) is 12.8. The third-order valence-electron chi connectivity index (χ3n) is 3.65. The Balaban J connectivity index is 1.77. The highest BCUT2D eigenvalue weighted by Crippen LogP contribution is 2.33. The van der Waals surface area contributed by atoms with E-state index in [4.69, 9.17) is 9.47 Å². The van der Waals surface area contributed by atoms with Crippen LogP contribution in [0.3, 0.4) is 0 Å². The average molecular weight is 311 g/mol. The molecule has 1 amide bonds. The van der Waals surface area contributed by atoms with E-state index in [9.17, 15) is 9.59 Å². The summed E-state index contributed by atoms with van der Waals surface area (Å²) in [4.78, 5) is 25.4. The van der Waals surface area contributed by atoms with Crippen LogP contribution in [0.15, 0.2) is 48.5 Å². The van der Waals surface area contributed by atoms with Crippen LogP contribution >= 0.6 is 0 Å². The predicted molar refractivity (Wildman–Crippen MR) is 85.9 cm³/mol. The zero-order chi connectivity index (χ0) is 16.2. The minimum Gasteiger partial charge on any atom is -0.490 e. The van der Waals surface area contributed by atoms with Crippen molar-refractivity contribution < 1.29 is 19.1 Å². The van der Waals surface area contributed by atoms with E-state index in [1.165, 1.54) is 11.8 Å². The molecule has 1 heterocycles. The molecule has 0 spiro atoms. The molecule has 0 aliphatic carbocycles. The fourth-order valence-electron chi connectivity index (χ4n) is 2.42. The van der Waals surface area contributed by atoms with Gasteiger partial charge in [-0.2, -0.15) is 0 Å². The molecule has 0 N–H and O–H groups in total. The summed E-state index contributed by atoms with van der Waals surface area (Å²) in [7, 11) is 0. The summed E-state index contributed by atoms with van der Waals surface area (Å²) in [6, 6.07) is 14.6. The van der Waals surface area contributed by atoms with Gasteiger partial charge in [-0.15, -0.1) is 0 Å². The van der Waals surface area contributed by atoms with Gasteiger partial charge in [0.25, 0.3) is 0 Å². The zero-order valence-corrected chi connectivity index (χ0v) is 12.8. The molecule has 0 aromatic heterocycles. The van der Waals surface area contributed by atoms with Gasteiger partial charge in [0.1, 0.15) is 19.0 Å². The molecule has 23 heavy (non-hydrogen) atoms. The lowest BCUT2D eigenvalue weighted by Gasteiger charge is -2.29. The number of fused-ring (bicyclic) bond motifs is 1. The van der Waals surface area contributed by atoms with Gasteiger partial charge in [0.2, 0.25) is 0 Å². The molecular weight excluding hydrogens is 294 g/mol. The minimum atomic E-state index is -0.445. The van der Waals surface area contributed by atoms with Crippen molar-refractivity contribution >= 4 is 17.6 Å². The van der Waals surface area contributed by atoms with Gasteiger partial charge in [-0.25, -0.2) is 4.79 Å². The number of carbonyl (C=O) groups is 2.